The van der Waals surface area contributed by atoms with E-state index in [0.717, 1.165) is 18.2 Å². The van der Waals surface area contributed by atoms with Gasteiger partial charge in [-0.25, -0.2) is 4.98 Å². The third-order valence-electron chi connectivity index (χ3n) is 2.90. The summed E-state index contributed by atoms with van der Waals surface area (Å²) in [5, 5.41) is 8.57. The van der Waals surface area contributed by atoms with E-state index in [2.05, 4.69) is 47.0 Å². The van der Waals surface area contributed by atoms with Crippen LogP contribution in [0.1, 0.15) is 18.7 Å². The summed E-state index contributed by atoms with van der Waals surface area (Å²) < 4.78 is 0. The minimum Gasteiger partial charge on any atom is -0.373 e. The SMILES string of the molecule is CNc1cccc(NCC(C)(C)c2cccs2)n1. The molecule has 0 amide bonds. The number of thiophene rings is 1. The van der Waals surface area contributed by atoms with E-state index in [4.69, 9.17) is 0 Å². The summed E-state index contributed by atoms with van der Waals surface area (Å²) in [7, 11) is 1.88. The fraction of sp³-hybridized carbons (Fsp3) is 0.357. The molecule has 0 radical (unpaired) electrons. The molecule has 2 N–H and O–H groups in total. The van der Waals surface area contributed by atoms with Gasteiger partial charge in [0.1, 0.15) is 11.6 Å². The number of anilines is 2. The van der Waals surface area contributed by atoms with Crippen LogP contribution in [0.3, 0.4) is 0 Å². The molecule has 0 atom stereocenters. The van der Waals surface area contributed by atoms with Crippen molar-refractivity contribution in [3.05, 3.63) is 40.6 Å². The number of nitrogens with zero attached hydrogens (tertiary/aromatic N) is 1. The number of aromatic nitrogens is 1. The highest BCUT2D eigenvalue weighted by molar-refractivity contribution is 7.10. The zero-order chi connectivity index (χ0) is 13.0. The molecule has 0 saturated carbocycles. The molecule has 0 aliphatic rings. The predicted molar refractivity (Wildman–Crippen MR) is 79.6 cm³/mol. The lowest BCUT2D eigenvalue weighted by Gasteiger charge is -2.24. The van der Waals surface area contributed by atoms with E-state index in [0.29, 0.717) is 0 Å². The summed E-state index contributed by atoms with van der Waals surface area (Å²) in [6.45, 7) is 5.36. The molecule has 2 aromatic rings. The van der Waals surface area contributed by atoms with Crippen molar-refractivity contribution < 1.29 is 0 Å². The van der Waals surface area contributed by atoms with Crippen molar-refractivity contribution in [2.24, 2.45) is 0 Å². The van der Waals surface area contributed by atoms with Gasteiger partial charge in [-0.05, 0) is 23.6 Å². The summed E-state index contributed by atoms with van der Waals surface area (Å²) in [6, 6.07) is 10.2. The molecule has 0 aromatic carbocycles. The van der Waals surface area contributed by atoms with Crippen LogP contribution in [0.5, 0.6) is 0 Å². The maximum Gasteiger partial charge on any atom is 0.128 e. The smallest absolute Gasteiger partial charge is 0.128 e. The lowest BCUT2D eigenvalue weighted by Crippen LogP contribution is -2.26. The molecule has 18 heavy (non-hydrogen) atoms. The summed E-state index contributed by atoms with van der Waals surface area (Å²) in [6.07, 6.45) is 0. The standard InChI is InChI=1S/C14H19N3S/c1-14(2,11-6-5-9-18-11)10-16-13-8-4-7-12(15-3)17-13/h4-9H,10H2,1-3H3,(H2,15,16,17). The molecule has 96 valence electrons. The first-order valence-corrected chi connectivity index (χ1v) is 6.92. The lowest BCUT2D eigenvalue weighted by molar-refractivity contribution is 0.568. The van der Waals surface area contributed by atoms with Gasteiger partial charge < -0.3 is 10.6 Å². The summed E-state index contributed by atoms with van der Waals surface area (Å²) in [5.41, 5.74) is 0.117. The zero-order valence-corrected chi connectivity index (χ0v) is 11.8. The van der Waals surface area contributed by atoms with Crippen molar-refractivity contribution in [2.75, 3.05) is 24.2 Å². The van der Waals surface area contributed by atoms with E-state index in [9.17, 15) is 0 Å². The van der Waals surface area contributed by atoms with Crippen molar-refractivity contribution >= 4 is 23.0 Å². The summed E-state index contributed by atoms with van der Waals surface area (Å²) in [4.78, 5) is 5.85. The minimum atomic E-state index is 0.117. The molecule has 0 bridgehead atoms. The third-order valence-corrected chi connectivity index (χ3v) is 4.14. The van der Waals surface area contributed by atoms with Gasteiger partial charge in [0.05, 0.1) is 0 Å². The Hall–Kier alpha value is -1.55. The van der Waals surface area contributed by atoms with Gasteiger partial charge in [-0.2, -0.15) is 0 Å². The van der Waals surface area contributed by atoms with Crippen LogP contribution in [-0.2, 0) is 5.41 Å². The van der Waals surface area contributed by atoms with Gasteiger partial charge in [0.15, 0.2) is 0 Å². The van der Waals surface area contributed by atoms with Crippen LogP contribution < -0.4 is 10.6 Å². The minimum absolute atomic E-state index is 0.117. The molecule has 2 aromatic heterocycles. The quantitative estimate of drug-likeness (QED) is 0.864. The first-order valence-electron chi connectivity index (χ1n) is 6.04. The Bertz CT molecular complexity index is 492. The molecule has 0 fully saturated rings. The second kappa shape index (κ2) is 5.40. The number of rotatable bonds is 5. The van der Waals surface area contributed by atoms with E-state index in [1.807, 2.05) is 25.2 Å². The second-order valence-corrected chi connectivity index (χ2v) is 5.82. The highest BCUT2D eigenvalue weighted by Crippen LogP contribution is 2.27. The van der Waals surface area contributed by atoms with E-state index in [1.165, 1.54) is 4.88 Å². The normalized spacial score (nSPS) is 11.3. The van der Waals surface area contributed by atoms with Crippen molar-refractivity contribution in [1.82, 2.24) is 4.98 Å². The van der Waals surface area contributed by atoms with Gasteiger partial charge in [-0.15, -0.1) is 11.3 Å². The number of pyridine rings is 1. The van der Waals surface area contributed by atoms with Gasteiger partial charge in [0, 0.05) is 23.9 Å². The van der Waals surface area contributed by atoms with Gasteiger partial charge in [-0.3, -0.25) is 0 Å². The van der Waals surface area contributed by atoms with E-state index >= 15 is 0 Å². The van der Waals surface area contributed by atoms with Gasteiger partial charge in [0.2, 0.25) is 0 Å². The molecule has 3 nitrogen and oxygen atoms in total. The molecular formula is C14H19N3S. The monoisotopic (exact) mass is 261 g/mol. The molecule has 0 spiro atoms. The second-order valence-electron chi connectivity index (χ2n) is 4.87. The van der Waals surface area contributed by atoms with E-state index < -0.39 is 0 Å². The Morgan fingerprint density at radius 3 is 2.61 bits per heavy atom. The molecule has 0 aliphatic heterocycles. The fourth-order valence-electron chi connectivity index (χ4n) is 1.73. The highest BCUT2D eigenvalue weighted by atomic mass is 32.1. The van der Waals surface area contributed by atoms with Gasteiger partial charge in [0.25, 0.3) is 0 Å². The zero-order valence-electron chi connectivity index (χ0n) is 11.0. The van der Waals surface area contributed by atoms with Crippen molar-refractivity contribution in [3.63, 3.8) is 0 Å². The first kappa shape index (κ1) is 12.9. The highest BCUT2D eigenvalue weighted by Gasteiger charge is 2.21. The van der Waals surface area contributed by atoms with Crippen molar-refractivity contribution in [3.8, 4) is 0 Å². The molecule has 0 saturated heterocycles. The summed E-state index contributed by atoms with van der Waals surface area (Å²) in [5.74, 6) is 1.79. The van der Waals surface area contributed by atoms with Crippen LogP contribution in [0, 0.1) is 0 Å². The van der Waals surface area contributed by atoms with Crippen LogP contribution >= 0.6 is 11.3 Å². The van der Waals surface area contributed by atoms with Gasteiger partial charge >= 0.3 is 0 Å². The maximum absolute atomic E-state index is 4.46. The van der Waals surface area contributed by atoms with E-state index in [1.54, 1.807) is 11.3 Å². The Labute approximate surface area is 112 Å². The first-order chi connectivity index (χ1) is 8.62. The molecule has 2 heterocycles. The average molecular weight is 261 g/mol. The molecular weight excluding hydrogens is 242 g/mol. The Morgan fingerprint density at radius 1 is 1.17 bits per heavy atom. The van der Waals surface area contributed by atoms with Crippen LogP contribution in [0.15, 0.2) is 35.7 Å². The molecule has 4 heteroatoms. The number of hydrogen-bond acceptors (Lipinski definition) is 4. The Balaban J connectivity index is 2.02. The average Bonchev–Trinajstić information content (AvgIpc) is 2.91. The van der Waals surface area contributed by atoms with Crippen molar-refractivity contribution in [2.45, 2.75) is 19.3 Å². The van der Waals surface area contributed by atoms with Crippen LogP contribution in [0.4, 0.5) is 11.6 Å². The summed E-state index contributed by atoms with van der Waals surface area (Å²) >= 11 is 1.80. The number of nitrogens with one attached hydrogen (secondary N) is 2. The van der Waals surface area contributed by atoms with Crippen molar-refractivity contribution in [1.29, 1.82) is 0 Å². The molecule has 2 rings (SSSR count). The van der Waals surface area contributed by atoms with Crippen LogP contribution in [0.25, 0.3) is 0 Å². The Kier molecular flexibility index (Phi) is 3.87. The maximum atomic E-state index is 4.46. The fourth-order valence-corrected chi connectivity index (χ4v) is 2.59. The topological polar surface area (TPSA) is 37.0 Å². The third kappa shape index (κ3) is 3.01. The lowest BCUT2D eigenvalue weighted by atomic mass is 9.91. The molecule has 0 unspecified atom stereocenters. The van der Waals surface area contributed by atoms with Gasteiger partial charge in [-0.1, -0.05) is 26.0 Å². The largest absolute Gasteiger partial charge is 0.373 e. The van der Waals surface area contributed by atoms with Crippen LogP contribution in [-0.4, -0.2) is 18.6 Å². The Morgan fingerprint density at radius 2 is 1.94 bits per heavy atom. The number of hydrogen-bond donors (Lipinski definition) is 2. The van der Waals surface area contributed by atoms with E-state index in [-0.39, 0.29) is 5.41 Å². The van der Waals surface area contributed by atoms with Crippen LogP contribution in [0.2, 0.25) is 0 Å². The molecule has 0 aliphatic carbocycles. The predicted octanol–water partition coefficient (Wildman–Crippen LogP) is 3.57.